The average molecular weight is 301 g/mol. The quantitative estimate of drug-likeness (QED) is 0.760. The number of amides is 1. The fourth-order valence-electron chi connectivity index (χ4n) is 2.69. The Hall–Kier alpha value is -2.27. The Balaban J connectivity index is 1.54. The Morgan fingerprint density at radius 3 is 2.73 bits per heavy atom. The third kappa shape index (κ3) is 3.31. The van der Waals surface area contributed by atoms with Crippen LogP contribution in [0.1, 0.15) is 23.7 Å². The summed E-state index contributed by atoms with van der Waals surface area (Å²) in [7, 11) is 0. The van der Waals surface area contributed by atoms with Gasteiger partial charge in [-0.05, 0) is 42.7 Å². The molecule has 1 aliphatic rings. The fraction of sp³-hybridized carbons (Fsp3) is 0.353. The second-order valence-electron chi connectivity index (χ2n) is 5.72. The smallest absolute Gasteiger partial charge is 0.224 e. The molecule has 1 amide bonds. The number of phenols is 1. The van der Waals surface area contributed by atoms with Crippen molar-refractivity contribution >= 4 is 5.91 Å². The van der Waals surface area contributed by atoms with Crippen LogP contribution in [0.25, 0.3) is 0 Å². The summed E-state index contributed by atoms with van der Waals surface area (Å²) in [5, 5.41) is 21.6. The van der Waals surface area contributed by atoms with Gasteiger partial charge in [0.2, 0.25) is 5.91 Å². The summed E-state index contributed by atoms with van der Waals surface area (Å²) in [4.78, 5) is 12.2. The molecule has 0 aliphatic heterocycles. The monoisotopic (exact) mass is 301 g/mol. The molecule has 0 spiro atoms. The SMILES string of the molecule is O=C(N[C@H](CO)Cc1ccc(O)cc1)C1CC1c1ccco1. The molecule has 116 valence electrons. The van der Waals surface area contributed by atoms with Crippen molar-refractivity contribution in [1.82, 2.24) is 5.32 Å². The van der Waals surface area contributed by atoms with E-state index in [-0.39, 0.29) is 36.1 Å². The van der Waals surface area contributed by atoms with Crippen molar-refractivity contribution in [1.29, 1.82) is 0 Å². The summed E-state index contributed by atoms with van der Waals surface area (Å²) >= 11 is 0. The molecule has 3 atom stereocenters. The van der Waals surface area contributed by atoms with Crippen LogP contribution in [0.5, 0.6) is 5.75 Å². The van der Waals surface area contributed by atoms with Gasteiger partial charge in [0.25, 0.3) is 0 Å². The first kappa shape index (κ1) is 14.7. The largest absolute Gasteiger partial charge is 0.508 e. The van der Waals surface area contributed by atoms with Crippen LogP contribution in [0.4, 0.5) is 0 Å². The lowest BCUT2D eigenvalue weighted by molar-refractivity contribution is -0.123. The van der Waals surface area contributed by atoms with E-state index in [9.17, 15) is 15.0 Å². The second-order valence-corrected chi connectivity index (χ2v) is 5.72. The lowest BCUT2D eigenvalue weighted by Gasteiger charge is -2.16. The third-order valence-corrected chi connectivity index (χ3v) is 4.02. The number of rotatable bonds is 6. The van der Waals surface area contributed by atoms with Crippen LogP contribution in [0.15, 0.2) is 47.1 Å². The van der Waals surface area contributed by atoms with E-state index in [1.165, 1.54) is 0 Å². The van der Waals surface area contributed by atoms with Gasteiger partial charge in [0.05, 0.1) is 18.9 Å². The molecule has 0 bridgehead atoms. The van der Waals surface area contributed by atoms with Crippen LogP contribution >= 0.6 is 0 Å². The van der Waals surface area contributed by atoms with Gasteiger partial charge in [-0.1, -0.05) is 12.1 Å². The minimum absolute atomic E-state index is 0.0424. The van der Waals surface area contributed by atoms with Gasteiger partial charge in [0, 0.05) is 11.8 Å². The number of hydrogen-bond acceptors (Lipinski definition) is 4. The lowest BCUT2D eigenvalue weighted by atomic mass is 10.1. The van der Waals surface area contributed by atoms with Gasteiger partial charge in [-0.25, -0.2) is 0 Å². The van der Waals surface area contributed by atoms with Crippen LogP contribution in [-0.4, -0.2) is 28.8 Å². The average Bonchev–Trinajstić information content (AvgIpc) is 3.14. The Kier molecular flexibility index (Phi) is 4.15. The number of phenolic OH excluding ortho intramolecular Hbond substituents is 1. The maximum Gasteiger partial charge on any atom is 0.224 e. The highest BCUT2D eigenvalue weighted by atomic mass is 16.3. The van der Waals surface area contributed by atoms with Crippen LogP contribution < -0.4 is 5.32 Å². The van der Waals surface area contributed by atoms with E-state index in [2.05, 4.69) is 5.32 Å². The molecule has 1 aromatic carbocycles. The molecule has 2 unspecified atom stereocenters. The minimum atomic E-state index is -0.324. The number of benzene rings is 1. The zero-order valence-electron chi connectivity index (χ0n) is 12.1. The van der Waals surface area contributed by atoms with E-state index in [0.29, 0.717) is 6.42 Å². The first-order valence-electron chi connectivity index (χ1n) is 7.40. The topological polar surface area (TPSA) is 82.7 Å². The molecule has 3 rings (SSSR count). The highest BCUT2D eigenvalue weighted by Crippen LogP contribution is 2.47. The molecule has 0 radical (unpaired) electrons. The van der Waals surface area contributed by atoms with Gasteiger partial charge < -0.3 is 19.9 Å². The summed E-state index contributed by atoms with van der Waals surface area (Å²) in [5.74, 6) is 1.09. The second kappa shape index (κ2) is 6.23. The predicted octanol–water partition coefficient (Wildman–Crippen LogP) is 1.81. The zero-order chi connectivity index (χ0) is 15.5. The van der Waals surface area contributed by atoms with E-state index in [4.69, 9.17) is 4.42 Å². The summed E-state index contributed by atoms with van der Waals surface area (Å²) in [6, 6.07) is 10.1. The van der Waals surface area contributed by atoms with Crippen LogP contribution in [0, 0.1) is 5.92 Å². The zero-order valence-corrected chi connectivity index (χ0v) is 12.1. The molecule has 22 heavy (non-hydrogen) atoms. The van der Waals surface area contributed by atoms with Crippen molar-refractivity contribution in [3.8, 4) is 5.75 Å². The number of furan rings is 1. The molecule has 5 nitrogen and oxygen atoms in total. The first-order valence-corrected chi connectivity index (χ1v) is 7.40. The number of aliphatic hydroxyl groups is 1. The highest BCUT2D eigenvalue weighted by Gasteiger charge is 2.46. The van der Waals surface area contributed by atoms with Crippen molar-refractivity contribution in [3.05, 3.63) is 54.0 Å². The van der Waals surface area contributed by atoms with Crippen molar-refractivity contribution in [2.24, 2.45) is 5.92 Å². The highest BCUT2D eigenvalue weighted by molar-refractivity contribution is 5.83. The molecular formula is C17H19NO4. The molecule has 5 heteroatoms. The van der Waals surface area contributed by atoms with Gasteiger partial charge in [0.1, 0.15) is 11.5 Å². The predicted molar refractivity (Wildman–Crippen MR) is 80.4 cm³/mol. The third-order valence-electron chi connectivity index (χ3n) is 4.02. The van der Waals surface area contributed by atoms with Gasteiger partial charge in [-0.2, -0.15) is 0 Å². The Bertz CT molecular complexity index is 621. The van der Waals surface area contributed by atoms with Gasteiger partial charge >= 0.3 is 0 Å². The molecule has 1 aromatic heterocycles. The van der Waals surface area contributed by atoms with Crippen molar-refractivity contribution in [3.63, 3.8) is 0 Å². The number of carbonyl (C=O) groups is 1. The summed E-state index contributed by atoms with van der Waals surface area (Å²) < 4.78 is 5.32. The van der Waals surface area contributed by atoms with Crippen LogP contribution in [0.2, 0.25) is 0 Å². The molecule has 1 saturated carbocycles. The van der Waals surface area contributed by atoms with E-state index in [1.807, 2.05) is 12.1 Å². The number of carbonyl (C=O) groups excluding carboxylic acids is 1. The normalized spacial score (nSPS) is 21.3. The number of aromatic hydroxyl groups is 1. The summed E-state index contributed by atoms with van der Waals surface area (Å²) in [5.41, 5.74) is 0.954. The number of aliphatic hydroxyl groups excluding tert-OH is 1. The van der Waals surface area contributed by atoms with E-state index < -0.39 is 0 Å². The van der Waals surface area contributed by atoms with Crippen LogP contribution in [0.3, 0.4) is 0 Å². The number of hydrogen-bond donors (Lipinski definition) is 3. The van der Waals surface area contributed by atoms with Gasteiger partial charge in [0.15, 0.2) is 0 Å². The van der Waals surface area contributed by atoms with Crippen LogP contribution in [-0.2, 0) is 11.2 Å². The maximum atomic E-state index is 12.2. The molecule has 1 fully saturated rings. The lowest BCUT2D eigenvalue weighted by Crippen LogP contribution is -2.40. The Morgan fingerprint density at radius 2 is 2.09 bits per heavy atom. The molecule has 3 N–H and O–H groups in total. The van der Waals surface area contributed by atoms with E-state index >= 15 is 0 Å². The molecular weight excluding hydrogens is 282 g/mol. The van der Waals surface area contributed by atoms with E-state index in [0.717, 1.165) is 17.7 Å². The molecule has 1 heterocycles. The van der Waals surface area contributed by atoms with Crippen molar-refractivity contribution in [2.45, 2.75) is 24.8 Å². The molecule has 1 aliphatic carbocycles. The van der Waals surface area contributed by atoms with E-state index in [1.54, 1.807) is 30.5 Å². The minimum Gasteiger partial charge on any atom is -0.508 e. The Morgan fingerprint density at radius 1 is 1.32 bits per heavy atom. The van der Waals surface area contributed by atoms with Gasteiger partial charge in [-0.15, -0.1) is 0 Å². The Labute approximate surface area is 128 Å². The maximum absolute atomic E-state index is 12.2. The van der Waals surface area contributed by atoms with Crippen molar-refractivity contribution in [2.75, 3.05) is 6.61 Å². The number of nitrogens with one attached hydrogen (secondary N) is 1. The van der Waals surface area contributed by atoms with Crippen molar-refractivity contribution < 1.29 is 19.4 Å². The van der Waals surface area contributed by atoms with Gasteiger partial charge in [-0.3, -0.25) is 4.79 Å². The summed E-state index contributed by atoms with van der Waals surface area (Å²) in [6.45, 7) is -0.120. The molecule has 2 aromatic rings. The summed E-state index contributed by atoms with van der Waals surface area (Å²) in [6.07, 6.45) is 2.93. The fourth-order valence-corrected chi connectivity index (χ4v) is 2.69. The molecule has 0 saturated heterocycles. The standard InChI is InChI=1S/C17H19NO4/c19-10-12(8-11-3-5-13(20)6-4-11)18-17(21)15-9-14(15)16-2-1-7-22-16/h1-7,12,14-15,19-20H,8-10H2,(H,18,21)/t12-,14?,15?/m0/s1. The first-order chi connectivity index (χ1) is 10.7.